The van der Waals surface area contributed by atoms with Crippen LogP contribution in [0.2, 0.25) is 0 Å². The van der Waals surface area contributed by atoms with E-state index in [1.165, 1.54) is 11.8 Å². The summed E-state index contributed by atoms with van der Waals surface area (Å²) < 4.78 is 0.880. The van der Waals surface area contributed by atoms with Crippen LogP contribution < -0.4 is 5.73 Å². The van der Waals surface area contributed by atoms with Crippen LogP contribution in [-0.2, 0) is 11.2 Å². The number of hydrogen-bond donors (Lipinski definition) is 2. The number of rotatable bonds is 4. The van der Waals surface area contributed by atoms with Crippen LogP contribution in [0.5, 0.6) is 0 Å². The maximum absolute atomic E-state index is 10.9. The number of carbonyl (C=O) groups is 1. The summed E-state index contributed by atoms with van der Waals surface area (Å²) in [5.74, 6) is -0.836. The molecule has 0 fully saturated rings. The lowest BCUT2D eigenvalue weighted by molar-refractivity contribution is -0.136. The van der Waals surface area contributed by atoms with Gasteiger partial charge in [0.2, 0.25) is 0 Å². The highest BCUT2D eigenvalue weighted by atomic mass is 79.9. The Bertz CT molecular complexity index is 599. The second-order valence-corrected chi connectivity index (χ2v) is 6.02. The molecule has 0 amide bonds. The Balaban J connectivity index is 2.28. The molecule has 3 N–H and O–H groups in total. The largest absolute Gasteiger partial charge is 0.481 e. The van der Waals surface area contributed by atoms with E-state index in [-0.39, 0.29) is 6.42 Å². The minimum absolute atomic E-state index is 0.0107. The lowest BCUT2D eigenvalue weighted by atomic mass is 10.1. The number of anilines is 1. The monoisotopic (exact) mass is 337 g/mol. The van der Waals surface area contributed by atoms with E-state index >= 15 is 0 Å². The van der Waals surface area contributed by atoms with Gasteiger partial charge in [-0.2, -0.15) is 0 Å². The van der Waals surface area contributed by atoms with Gasteiger partial charge in [0.25, 0.3) is 0 Å². The van der Waals surface area contributed by atoms with Crippen LogP contribution in [-0.4, -0.2) is 11.1 Å². The molecule has 0 bridgehead atoms. The lowest BCUT2D eigenvalue weighted by Gasteiger charge is -2.08. The molecule has 2 aromatic rings. The number of aliphatic carboxylic acids is 1. The summed E-state index contributed by atoms with van der Waals surface area (Å²) in [7, 11) is 0. The maximum Gasteiger partial charge on any atom is 0.307 e. The van der Waals surface area contributed by atoms with Crippen molar-refractivity contribution in [2.24, 2.45) is 0 Å². The van der Waals surface area contributed by atoms with Gasteiger partial charge in [0.15, 0.2) is 0 Å². The smallest absolute Gasteiger partial charge is 0.307 e. The molecule has 0 aromatic heterocycles. The zero-order valence-electron chi connectivity index (χ0n) is 9.97. The number of nitrogens with two attached hydrogens (primary N) is 1. The van der Waals surface area contributed by atoms with Crippen LogP contribution in [0, 0.1) is 0 Å². The Labute approximate surface area is 124 Å². The van der Waals surface area contributed by atoms with Crippen molar-refractivity contribution in [3.63, 3.8) is 0 Å². The van der Waals surface area contributed by atoms with Crippen LogP contribution in [0.3, 0.4) is 0 Å². The van der Waals surface area contributed by atoms with Gasteiger partial charge in [0.1, 0.15) is 0 Å². The highest BCUT2D eigenvalue weighted by Crippen LogP contribution is 2.32. The quantitative estimate of drug-likeness (QED) is 0.832. The van der Waals surface area contributed by atoms with Crippen LogP contribution >= 0.6 is 27.7 Å². The topological polar surface area (TPSA) is 63.3 Å². The Morgan fingerprint density at radius 2 is 1.89 bits per heavy atom. The number of carboxylic acids is 1. The van der Waals surface area contributed by atoms with Crippen molar-refractivity contribution in [2.75, 3.05) is 5.73 Å². The molecule has 19 heavy (non-hydrogen) atoms. The standard InChI is InChI=1S/C14H12BrNO2S/c15-10-1-6-13(9(7-10)8-14(17)18)19-12-4-2-11(16)3-5-12/h1-7H,8,16H2,(H,17,18). The molecule has 0 saturated heterocycles. The number of hydrogen-bond acceptors (Lipinski definition) is 3. The summed E-state index contributed by atoms with van der Waals surface area (Å²) in [5.41, 5.74) is 7.15. The van der Waals surface area contributed by atoms with Crippen molar-refractivity contribution in [1.82, 2.24) is 0 Å². The van der Waals surface area contributed by atoms with E-state index in [1.807, 2.05) is 42.5 Å². The molecule has 0 atom stereocenters. The fourth-order valence-electron chi connectivity index (χ4n) is 1.61. The summed E-state index contributed by atoms with van der Waals surface area (Å²) in [6.07, 6.45) is 0.0107. The second kappa shape index (κ2) is 6.12. The number of nitrogen functional groups attached to an aromatic ring is 1. The van der Waals surface area contributed by atoms with E-state index in [0.29, 0.717) is 5.69 Å². The molecule has 5 heteroatoms. The van der Waals surface area contributed by atoms with Crippen molar-refractivity contribution < 1.29 is 9.90 Å². The number of halogens is 1. The minimum Gasteiger partial charge on any atom is -0.481 e. The molecular weight excluding hydrogens is 326 g/mol. The summed E-state index contributed by atoms with van der Waals surface area (Å²) in [6.45, 7) is 0. The highest BCUT2D eigenvalue weighted by Gasteiger charge is 2.09. The highest BCUT2D eigenvalue weighted by molar-refractivity contribution is 9.10. The van der Waals surface area contributed by atoms with Crippen LogP contribution in [0.4, 0.5) is 5.69 Å². The molecule has 0 aliphatic heterocycles. The van der Waals surface area contributed by atoms with E-state index in [4.69, 9.17) is 10.8 Å². The Morgan fingerprint density at radius 1 is 1.21 bits per heavy atom. The third-order valence-electron chi connectivity index (χ3n) is 2.47. The molecule has 2 aromatic carbocycles. The first kappa shape index (κ1) is 14.0. The van der Waals surface area contributed by atoms with Crippen LogP contribution in [0.15, 0.2) is 56.7 Å². The predicted molar refractivity (Wildman–Crippen MR) is 80.5 cm³/mol. The van der Waals surface area contributed by atoms with Gasteiger partial charge in [-0.05, 0) is 48.0 Å². The zero-order valence-corrected chi connectivity index (χ0v) is 12.4. The molecule has 0 heterocycles. The molecule has 0 radical (unpaired) electrons. The van der Waals surface area contributed by atoms with Gasteiger partial charge in [0.05, 0.1) is 6.42 Å². The van der Waals surface area contributed by atoms with Crippen molar-refractivity contribution in [1.29, 1.82) is 0 Å². The van der Waals surface area contributed by atoms with E-state index in [2.05, 4.69) is 15.9 Å². The predicted octanol–water partition coefficient (Wildman–Crippen LogP) is 3.81. The first-order chi connectivity index (χ1) is 9.04. The molecule has 0 unspecified atom stereocenters. The van der Waals surface area contributed by atoms with Crippen molar-refractivity contribution in [3.8, 4) is 0 Å². The third kappa shape index (κ3) is 4.01. The summed E-state index contributed by atoms with van der Waals surface area (Å²) in [5, 5.41) is 8.94. The first-order valence-electron chi connectivity index (χ1n) is 5.58. The van der Waals surface area contributed by atoms with Gasteiger partial charge in [-0.1, -0.05) is 27.7 Å². The third-order valence-corrected chi connectivity index (χ3v) is 4.09. The van der Waals surface area contributed by atoms with Crippen LogP contribution in [0.25, 0.3) is 0 Å². The van der Waals surface area contributed by atoms with Gasteiger partial charge in [-0.15, -0.1) is 0 Å². The molecule has 2 rings (SSSR count). The van der Waals surface area contributed by atoms with Crippen molar-refractivity contribution >= 4 is 39.3 Å². The molecule has 0 aliphatic rings. The van der Waals surface area contributed by atoms with Gasteiger partial charge in [-0.3, -0.25) is 4.79 Å². The Morgan fingerprint density at radius 3 is 2.53 bits per heavy atom. The molecule has 0 saturated carbocycles. The van der Waals surface area contributed by atoms with E-state index in [0.717, 1.165) is 19.8 Å². The summed E-state index contributed by atoms with van der Waals surface area (Å²) >= 11 is 4.90. The lowest BCUT2D eigenvalue weighted by Crippen LogP contribution is -2.01. The van der Waals surface area contributed by atoms with Gasteiger partial charge >= 0.3 is 5.97 Å². The summed E-state index contributed by atoms with van der Waals surface area (Å²) in [4.78, 5) is 12.9. The van der Waals surface area contributed by atoms with Gasteiger partial charge < -0.3 is 10.8 Å². The molecule has 98 valence electrons. The zero-order chi connectivity index (χ0) is 13.8. The van der Waals surface area contributed by atoms with Gasteiger partial charge in [0, 0.05) is 20.0 Å². The van der Waals surface area contributed by atoms with E-state index < -0.39 is 5.97 Å². The average Bonchev–Trinajstić information content (AvgIpc) is 2.34. The SMILES string of the molecule is Nc1ccc(Sc2ccc(Br)cc2CC(=O)O)cc1. The molecule has 0 spiro atoms. The van der Waals surface area contributed by atoms with E-state index in [1.54, 1.807) is 0 Å². The maximum atomic E-state index is 10.9. The molecular formula is C14H12BrNO2S. The van der Waals surface area contributed by atoms with Crippen molar-refractivity contribution in [3.05, 3.63) is 52.5 Å². The first-order valence-corrected chi connectivity index (χ1v) is 7.19. The summed E-state index contributed by atoms with van der Waals surface area (Å²) in [6, 6.07) is 13.2. The Hall–Kier alpha value is -1.46. The molecule has 0 aliphatic carbocycles. The fraction of sp³-hybridized carbons (Fsp3) is 0.0714. The normalized spacial score (nSPS) is 10.4. The number of benzene rings is 2. The number of carboxylic acid groups (broad SMARTS) is 1. The Kier molecular flexibility index (Phi) is 4.50. The van der Waals surface area contributed by atoms with Gasteiger partial charge in [-0.25, -0.2) is 0 Å². The van der Waals surface area contributed by atoms with E-state index in [9.17, 15) is 4.79 Å². The van der Waals surface area contributed by atoms with Crippen molar-refractivity contribution in [2.45, 2.75) is 16.2 Å². The average molecular weight is 338 g/mol. The van der Waals surface area contributed by atoms with Crippen LogP contribution in [0.1, 0.15) is 5.56 Å². The molecule has 3 nitrogen and oxygen atoms in total. The second-order valence-electron chi connectivity index (χ2n) is 3.99. The fourth-order valence-corrected chi connectivity index (χ4v) is 2.94. The minimum atomic E-state index is -0.836.